The van der Waals surface area contributed by atoms with E-state index in [1.807, 2.05) is 18.2 Å². The molecule has 1 aliphatic heterocycles. The molecule has 3 aromatic rings. The predicted octanol–water partition coefficient (Wildman–Crippen LogP) is 3.25. The summed E-state index contributed by atoms with van der Waals surface area (Å²) < 4.78 is 11.2. The van der Waals surface area contributed by atoms with Crippen molar-refractivity contribution in [1.82, 2.24) is 4.90 Å². The number of methoxy groups -OCH3 is 2. The van der Waals surface area contributed by atoms with E-state index in [1.54, 1.807) is 14.2 Å². The molecule has 3 aromatic carbocycles. The molecule has 0 spiro atoms. The Morgan fingerprint density at radius 1 is 0.839 bits per heavy atom. The molecular weight excluding hydrogens is 394 g/mol. The number of fused-ring (bicyclic) bond motifs is 6. The Bertz CT molecular complexity index is 1140. The van der Waals surface area contributed by atoms with Crippen LogP contribution < -0.4 is 9.47 Å². The third-order valence-corrected chi connectivity index (χ3v) is 6.66. The van der Waals surface area contributed by atoms with E-state index in [0.717, 1.165) is 41.1 Å². The first kappa shape index (κ1) is 21.8. The number of hydrogen-bond donors (Lipinski definition) is 3. The molecule has 0 fully saturated rings. The molecule has 0 amide bonds. The van der Waals surface area contributed by atoms with Crippen LogP contribution in [0.3, 0.4) is 0 Å². The molecule has 1 aliphatic rings. The van der Waals surface area contributed by atoms with Crippen molar-refractivity contribution >= 4 is 21.5 Å². The van der Waals surface area contributed by atoms with Gasteiger partial charge in [0.25, 0.3) is 0 Å². The largest absolute Gasteiger partial charge is 0.496 e. The molecule has 3 N–H and O–H groups in total. The van der Waals surface area contributed by atoms with Crippen LogP contribution in [-0.2, 0) is 32.8 Å². The molecule has 0 saturated carbocycles. The number of hydrogen-bond acceptors (Lipinski definition) is 6. The number of benzene rings is 3. The van der Waals surface area contributed by atoms with E-state index < -0.39 is 0 Å². The average Bonchev–Trinajstić information content (AvgIpc) is 2.81. The molecular formula is C25H31NO5. The van der Waals surface area contributed by atoms with Crippen LogP contribution in [0.4, 0.5) is 0 Å². The van der Waals surface area contributed by atoms with Gasteiger partial charge >= 0.3 is 0 Å². The average molecular weight is 426 g/mol. The molecule has 4 rings (SSSR count). The smallest absolute Gasteiger partial charge is 0.125 e. The fourth-order valence-electron chi connectivity index (χ4n) is 4.99. The summed E-state index contributed by atoms with van der Waals surface area (Å²) in [6.45, 7) is 5.61. The number of aliphatic hydroxyl groups is 3. The molecule has 0 aliphatic carbocycles. The summed E-state index contributed by atoms with van der Waals surface area (Å²) in [5, 5.41) is 34.3. The van der Waals surface area contributed by atoms with Crippen molar-refractivity contribution in [2.75, 3.05) is 20.8 Å². The second-order valence-corrected chi connectivity index (χ2v) is 8.41. The summed E-state index contributed by atoms with van der Waals surface area (Å²) in [4.78, 5) is 2.45. The lowest BCUT2D eigenvalue weighted by molar-refractivity contribution is 0.205. The first-order chi connectivity index (χ1) is 15.0. The minimum Gasteiger partial charge on any atom is -0.496 e. The van der Waals surface area contributed by atoms with Crippen LogP contribution in [0.5, 0.6) is 11.5 Å². The van der Waals surface area contributed by atoms with Gasteiger partial charge in [-0.05, 0) is 76.7 Å². The zero-order chi connectivity index (χ0) is 22.3. The zero-order valence-electron chi connectivity index (χ0n) is 18.7. The Kier molecular flexibility index (Phi) is 6.08. The normalized spacial score (nSPS) is 14.5. The first-order valence-electron chi connectivity index (χ1n) is 10.7. The maximum atomic E-state index is 10.3. The number of aliphatic hydroxyl groups excluding tert-OH is 3. The molecule has 166 valence electrons. The molecule has 31 heavy (non-hydrogen) atoms. The Morgan fingerprint density at radius 2 is 1.52 bits per heavy atom. The summed E-state index contributed by atoms with van der Waals surface area (Å²) in [6, 6.07) is 6.38. The Labute approximate surface area is 182 Å². The summed E-state index contributed by atoms with van der Waals surface area (Å²) in [5.41, 5.74) is 4.45. The molecule has 0 saturated heterocycles. The van der Waals surface area contributed by atoms with Gasteiger partial charge in [-0.1, -0.05) is 0 Å². The van der Waals surface area contributed by atoms with Gasteiger partial charge in [-0.3, -0.25) is 4.90 Å². The highest BCUT2D eigenvalue weighted by molar-refractivity contribution is 6.14. The second kappa shape index (κ2) is 8.63. The maximum Gasteiger partial charge on any atom is 0.125 e. The lowest BCUT2D eigenvalue weighted by atomic mass is 9.83. The molecule has 6 nitrogen and oxygen atoms in total. The van der Waals surface area contributed by atoms with E-state index in [0.29, 0.717) is 34.2 Å². The molecule has 0 aromatic heterocycles. The minimum atomic E-state index is -0.224. The van der Waals surface area contributed by atoms with Crippen molar-refractivity contribution in [1.29, 1.82) is 0 Å². The van der Waals surface area contributed by atoms with Gasteiger partial charge < -0.3 is 24.8 Å². The van der Waals surface area contributed by atoms with Gasteiger partial charge in [-0.25, -0.2) is 0 Å². The van der Waals surface area contributed by atoms with Gasteiger partial charge in [0.15, 0.2) is 0 Å². The van der Waals surface area contributed by atoms with Gasteiger partial charge in [-0.15, -0.1) is 0 Å². The standard InChI is InChI=1S/C25H31NO5/c1-14(2)26-6-5-16-19-9-24(31-4)21(12-28)22(13-29)25(19)18-7-15(11-27)23(30-3)8-17(18)20(16)10-26/h7-9,14,27-29H,5-6,10-13H2,1-4H3. The molecule has 1 heterocycles. The SMILES string of the molecule is COc1cc2c3c(c4cc(OC)c(CO)c(CO)c4c2cc1CO)CCN(C(C)C)C3. The Hall–Kier alpha value is -2.38. The highest BCUT2D eigenvalue weighted by atomic mass is 16.5. The lowest BCUT2D eigenvalue weighted by Crippen LogP contribution is -2.36. The fourth-order valence-corrected chi connectivity index (χ4v) is 4.99. The van der Waals surface area contributed by atoms with Gasteiger partial charge in [0.05, 0.1) is 34.0 Å². The van der Waals surface area contributed by atoms with E-state index in [9.17, 15) is 15.3 Å². The third-order valence-electron chi connectivity index (χ3n) is 6.66. The number of nitrogens with zero attached hydrogens (tertiary/aromatic N) is 1. The zero-order valence-corrected chi connectivity index (χ0v) is 18.7. The summed E-state index contributed by atoms with van der Waals surface area (Å²) in [7, 11) is 3.20. The molecule has 0 radical (unpaired) electrons. The highest BCUT2D eigenvalue weighted by Gasteiger charge is 2.26. The molecule has 0 bridgehead atoms. The van der Waals surface area contributed by atoms with Crippen LogP contribution in [-0.4, -0.2) is 47.0 Å². The van der Waals surface area contributed by atoms with Crippen LogP contribution in [0.1, 0.15) is 41.7 Å². The first-order valence-corrected chi connectivity index (χ1v) is 10.7. The number of rotatable bonds is 6. The van der Waals surface area contributed by atoms with Crippen LogP contribution in [0.2, 0.25) is 0 Å². The minimum absolute atomic E-state index is 0.146. The van der Waals surface area contributed by atoms with Crippen LogP contribution in [0, 0.1) is 0 Å². The van der Waals surface area contributed by atoms with Gasteiger partial charge in [-0.2, -0.15) is 0 Å². The third kappa shape index (κ3) is 3.44. The fraction of sp³-hybridized carbons (Fsp3) is 0.440. The Balaban J connectivity index is 2.21. The molecule has 0 unspecified atom stereocenters. The van der Waals surface area contributed by atoms with E-state index in [4.69, 9.17) is 9.47 Å². The van der Waals surface area contributed by atoms with Crippen molar-refractivity contribution in [3.8, 4) is 11.5 Å². The van der Waals surface area contributed by atoms with Crippen molar-refractivity contribution in [2.45, 2.75) is 52.7 Å². The summed E-state index contributed by atoms with van der Waals surface area (Å²) in [5.74, 6) is 1.24. The van der Waals surface area contributed by atoms with Gasteiger partial charge in [0.1, 0.15) is 11.5 Å². The van der Waals surface area contributed by atoms with E-state index >= 15 is 0 Å². The van der Waals surface area contributed by atoms with Crippen LogP contribution >= 0.6 is 0 Å². The summed E-state index contributed by atoms with van der Waals surface area (Å²) >= 11 is 0. The monoisotopic (exact) mass is 425 g/mol. The topological polar surface area (TPSA) is 82.4 Å². The van der Waals surface area contributed by atoms with Crippen molar-refractivity contribution in [2.24, 2.45) is 0 Å². The van der Waals surface area contributed by atoms with Crippen LogP contribution in [0.15, 0.2) is 18.2 Å². The highest BCUT2D eigenvalue weighted by Crippen LogP contribution is 2.43. The number of ether oxygens (including phenoxy) is 2. The predicted molar refractivity (Wildman–Crippen MR) is 122 cm³/mol. The van der Waals surface area contributed by atoms with E-state index in [-0.39, 0.29) is 19.8 Å². The van der Waals surface area contributed by atoms with Gasteiger partial charge in [0, 0.05) is 30.3 Å². The maximum absolute atomic E-state index is 10.3. The Morgan fingerprint density at radius 3 is 2.10 bits per heavy atom. The van der Waals surface area contributed by atoms with E-state index in [1.165, 1.54) is 11.1 Å². The van der Waals surface area contributed by atoms with E-state index in [2.05, 4.69) is 18.7 Å². The van der Waals surface area contributed by atoms with Crippen LogP contribution in [0.25, 0.3) is 21.5 Å². The van der Waals surface area contributed by atoms with Gasteiger partial charge in [0.2, 0.25) is 0 Å². The molecule has 0 atom stereocenters. The van der Waals surface area contributed by atoms with Crippen molar-refractivity contribution in [3.63, 3.8) is 0 Å². The summed E-state index contributed by atoms with van der Waals surface area (Å²) in [6.07, 6.45) is 0.885. The lowest BCUT2D eigenvalue weighted by Gasteiger charge is -2.34. The quantitative estimate of drug-likeness (QED) is 0.526. The second-order valence-electron chi connectivity index (χ2n) is 8.41. The van der Waals surface area contributed by atoms with Crippen molar-refractivity contribution in [3.05, 3.63) is 46.0 Å². The van der Waals surface area contributed by atoms with Crippen molar-refractivity contribution < 1.29 is 24.8 Å². The molecule has 6 heteroatoms.